The van der Waals surface area contributed by atoms with Gasteiger partial charge in [0.15, 0.2) is 0 Å². The maximum atomic E-state index is 12.4. The van der Waals surface area contributed by atoms with Crippen molar-refractivity contribution in [3.8, 4) is 0 Å². The minimum Gasteiger partial charge on any atom is -0.389 e. The second-order valence-electron chi connectivity index (χ2n) is 12.9. The number of allylic oxidation sites excluding steroid dienone is 9. The molecule has 0 amide bonds. The van der Waals surface area contributed by atoms with Crippen LogP contribution in [0.4, 0.5) is 0 Å². The summed E-state index contributed by atoms with van der Waals surface area (Å²) in [5.74, 6) is 0.948. The van der Waals surface area contributed by atoms with Gasteiger partial charge in [-0.1, -0.05) is 81.9 Å². The summed E-state index contributed by atoms with van der Waals surface area (Å²) in [5.41, 5.74) is 1.14. The number of carbonyl (C=O) groups excluding carboxylic acids is 1. The molecule has 2 unspecified atom stereocenters. The van der Waals surface area contributed by atoms with E-state index in [2.05, 4.69) is 102 Å². The number of unbranched alkanes of at least 4 members (excludes halogenated alkanes) is 4. The Morgan fingerprint density at radius 2 is 1.39 bits per heavy atom. The molecule has 2 atom stereocenters. The van der Waals surface area contributed by atoms with Crippen molar-refractivity contribution in [1.82, 2.24) is 5.32 Å². The van der Waals surface area contributed by atoms with Crippen LogP contribution >= 0.6 is 7.92 Å². The minimum absolute atomic E-state index is 0.00927. The Labute approximate surface area is 258 Å². The molecule has 0 fully saturated rings. The van der Waals surface area contributed by atoms with Gasteiger partial charge in [-0.25, -0.2) is 0 Å². The highest BCUT2D eigenvalue weighted by Crippen LogP contribution is 2.32. The van der Waals surface area contributed by atoms with E-state index in [1.54, 1.807) is 0 Å². The zero-order chi connectivity index (χ0) is 30.6. The molecule has 0 radical (unpaired) electrons. The number of quaternary nitrogens is 1. The van der Waals surface area contributed by atoms with Gasteiger partial charge in [0.2, 0.25) is 0 Å². The van der Waals surface area contributed by atoms with Gasteiger partial charge in [-0.05, 0) is 89.1 Å². The van der Waals surface area contributed by atoms with Crippen molar-refractivity contribution in [3.05, 3.63) is 60.9 Å². The van der Waals surface area contributed by atoms with Gasteiger partial charge in [-0.2, -0.15) is 0 Å². The van der Waals surface area contributed by atoms with Gasteiger partial charge >= 0.3 is 0 Å². The maximum Gasteiger partial charge on any atom is 0.133 e. The second kappa shape index (κ2) is 27.4. The summed E-state index contributed by atoms with van der Waals surface area (Å²) in [6.45, 7) is 13.2. The Bertz CT molecular complexity index is 759. The molecule has 0 aliphatic heterocycles. The summed E-state index contributed by atoms with van der Waals surface area (Å²) in [6.07, 6.45) is 37.2. The van der Waals surface area contributed by atoms with E-state index in [0.717, 1.165) is 87.1 Å². The first kappa shape index (κ1) is 39.6. The highest BCUT2D eigenvalue weighted by atomic mass is 31.1. The third-order valence-corrected chi connectivity index (χ3v) is 9.34. The number of Topliss-reactive ketones (excluding diaryl/α,β-unsaturated/α-hetero) is 1. The molecule has 41 heavy (non-hydrogen) atoms. The largest absolute Gasteiger partial charge is 0.389 e. The number of ketones is 1. The molecule has 0 aromatic heterocycles. The van der Waals surface area contributed by atoms with Crippen LogP contribution in [0.15, 0.2) is 60.9 Å². The lowest BCUT2D eigenvalue weighted by atomic mass is 9.98. The van der Waals surface area contributed by atoms with E-state index >= 15 is 0 Å². The predicted molar refractivity (Wildman–Crippen MR) is 188 cm³/mol. The van der Waals surface area contributed by atoms with Crippen LogP contribution < -0.4 is 5.32 Å². The fourth-order valence-electron chi connectivity index (χ4n) is 4.63. The maximum absolute atomic E-state index is 12.4. The van der Waals surface area contributed by atoms with Crippen LogP contribution in [-0.2, 0) is 4.79 Å². The van der Waals surface area contributed by atoms with Gasteiger partial charge in [0, 0.05) is 31.5 Å². The first-order valence-corrected chi connectivity index (χ1v) is 18.8. The van der Waals surface area contributed by atoms with Crippen molar-refractivity contribution in [2.45, 2.75) is 110 Å². The predicted octanol–water partition coefficient (Wildman–Crippen LogP) is 10.2. The molecule has 0 rings (SSSR count). The topological polar surface area (TPSA) is 29.1 Å². The SMILES string of the molecule is C=C(CCC/C=C\C/C=C\C/C=C\C/C=C\CCCCC)NCCCC(C)CC(=O)CCP(C)CCC[N+](C)(C)C. The second-order valence-corrected chi connectivity index (χ2v) is 15.5. The molecular weight excluding hydrogens is 519 g/mol. The van der Waals surface area contributed by atoms with Crippen molar-refractivity contribution in [2.75, 3.05) is 53.2 Å². The first-order valence-electron chi connectivity index (χ1n) is 16.7. The van der Waals surface area contributed by atoms with E-state index in [1.165, 1.54) is 44.8 Å². The van der Waals surface area contributed by atoms with Gasteiger partial charge in [0.1, 0.15) is 5.78 Å². The van der Waals surface area contributed by atoms with Gasteiger partial charge in [-0.15, -0.1) is 7.92 Å². The van der Waals surface area contributed by atoms with Gasteiger partial charge in [0.25, 0.3) is 0 Å². The number of hydrogen-bond acceptors (Lipinski definition) is 2. The van der Waals surface area contributed by atoms with E-state index < -0.39 is 0 Å². The van der Waals surface area contributed by atoms with E-state index in [-0.39, 0.29) is 7.92 Å². The zero-order valence-electron chi connectivity index (χ0n) is 28.1. The van der Waals surface area contributed by atoms with Crippen molar-refractivity contribution in [3.63, 3.8) is 0 Å². The first-order chi connectivity index (χ1) is 19.6. The van der Waals surface area contributed by atoms with Crippen LogP contribution in [0.1, 0.15) is 110 Å². The van der Waals surface area contributed by atoms with Gasteiger partial charge < -0.3 is 9.80 Å². The lowest BCUT2D eigenvalue weighted by Gasteiger charge is -2.24. The molecule has 0 spiro atoms. The number of hydrogen-bond donors (Lipinski definition) is 1. The molecule has 236 valence electrons. The van der Waals surface area contributed by atoms with Crippen molar-refractivity contribution in [2.24, 2.45) is 5.92 Å². The molecule has 0 aliphatic carbocycles. The minimum atomic E-state index is 0.00927. The van der Waals surface area contributed by atoms with Gasteiger partial charge in [-0.3, -0.25) is 4.79 Å². The van der Waals surface area contributed by atoms with Crippen molar-refractivity contribution in [1.29, 1.82) is 0 Å². The monoisotopic (exact) mass is 588 g/mol. The average Bonchev–Trinajstić information content (AvgIpc) is 2.91. The van der Waals surface area contributed by atoms with Gasteiger partial charge in [0.05, 0.1) is 27.7 Å². The quantitative estimate of drug-likeness (QED) is 0.0427. The summed E-state index contributed by atoms with van der Waals surface area (Å²) >= 11 is 0. The normalized spacial score (nSPS) is 14.1. The third-order valence-electron chi connectivity index (χ3n) is 7.27. The summed E-state index contributed by atoms with van der Waals surface area (Å²) in [4.78, 5) is 12.4. The van der Waals surface area contributed by atoms with E-state index in [4.69, 9.17) is 0 Å². The van der Waals surface area contributed by atoms with E-state index in [0.29, 0.717) is 11.7 Å². The van der Waals surface area contributed by atoms with E-state index in [1.807, 2.05) is 0 Å². The number of carbonyl (C=O) groups is 1. The molecule has 0 aromatic carbocycles. The Kier molecular flexibility index (Phi) is 26.4. The summed E-state index contributed by atoms with van der Waals surface area (Å²) in [6, 6.07) is 0. The summed E-state index contributed by atoms with van der Waals surface area (Å²) < 4.78 is 1.04. The van der Waals surface area contributed by atoms with Crippen LogP contribution in [0.5, 0.6) is 0 Å². The molecule has 0 saturated heterocycles. The van der Waals surface area contributed by atoms with Crippen molar-refractivity contribution < 1.29 is 9.28 Å². The molecule has 0 aromatic rings. The lowest BCUT2D eigenvalue weighted by molar-refractivity contribution is -0.870. The number of nitrogens with one attached hydrogen (secondary N) is 1. The smallest absolute Gasteiger partial charge is 0.133 e. The molecule has 1 N–H and O–H groups in total. The highest BCUT2D eigenvalue weighted by Gasteiger charge is 2.12. The third kappa shape index (κ3) is 31.3. The highest BCUT2D eigenvalue weighted by molar-refractivity contribution is 7.56. The standard InChI is InChI=1S/C37H68N2OP/c1-8-9-10-11-12-13-14-15-16-17-18-19-20-21-22-23-24-28-36(3)38-30-25-27-35(2)34-37(40)29-33-41(7)32-26-31-39(4,5)6/h12-13,15-16,18-19,21-22,35,38H,3,8-11,14,17,20,23-34H2,1-2,4-7H3/q+1/b13-12-,16-15-,19-18-,22-21-. The van der Waals surface area contributed by atoms with Crippen LogP contribution in [-0.4, -0.2) is 63.5 Å². The van der Waals surface area contributed by atoms with Crippen LogP contribution in [0, 0.1) is 5.92 Å². The van der Waals surface area contributed by atoms with E-state index in [9.17, 15) is 4.79 Å². The molecular formula is C37H68N2OP+. The summed E-state index contributed by atoms with van der Waals surface area (Å²) in [7, 11) is 6.77. The molecule has 0 heterocycles. The van der Waals surface area contributed by atoms with Crippen LogP contribution in [0.3, 0.4) is 0 Å². The fraction of sp³-hybridized carbons (Fsp3) is 0.703. The van der Waals surface area contributed by atoms with Crippen LogP contribution in [0.25, 0.3) is 0 Å². The van der Waals surface area contributed by atoms with Crippen molar-refractivity contribution >= 4 is 13.7 Å². The van der Waals surface area contributed by atoms with Crippen LogP contribution in [0.2, 0.25) is 0 Å². The number of nitrogens with zero attached hydrogens (tertiary/aromatic N) is 1. The molecule has 3 nitrogen and oxygen atoms in total. The Morgan fingerprint density at radius 3 is 1.98 bits per heavy atom. The Morgan fingerprint density at radius 1 is 0.805 bits per heavy atom. The zero-order valence-corrected chi connectivity index (χ0v) is 29.0. The fourth-order valence-corrected chi connectivity index (χ4v) is 6.17. The lowest BCUT2D eigenvalue weighted by Crippen LogP contribution is -2.35. The number of rotatable bonds is 28. The molecule has 0 aliphatic rings. The Balaban J connectivity index is 3.68. The molecule has 0 bridgehead atoms. The Hall–Kier alpha value is -1.44. The average molecular weight is 588 g/mol. The molecule has 4 heteroatoms. The molecule has 0 saturated carbocycles. The summed E-state index contributed by atoms with van der Waals surface area (Å²) in [5, 5.41) is 3.49.